The van der Waals surface area contributed by atoms with Crippen molar-refractivity contribution in [2.24, 2.45) is 4.99 Å². The van der Waals surface area contributed by atoms with Crippen LogP contribution in [0.5, 0.6) is 0 Å². The van der Waals surface area contributed by atoms with Crippen LogP contribution in [0.2, 0.25) is 0 Å². The zero-order valence-corrected chi connectivity index (χ0v) is 14.9. The number of nitro groups is 1. The van der Waals surface area contributed by atoms with Crippen molar-refractivity contribution in [2.45, 2.75) is 30.6 Å². The second-order valence-corrected chi connectivity index (χ2v) is 6.88. The molecular weight excluding hydrogens is 326 g/mol. The van der Waals surface area contributed by atoms with Crippen molar-refractivity contribution >= 4 is 29.1 Å². The van der Waals surface area contributed by atoms with Crippen LogP contribution < -0.4 is 16.0 Å². The molecule has 1 aromatic rings. The summed E-state index contributed by atoms with van der Waals surface area (Å²) in [5.41, 5.74) is 0.965. The van der Waals surface area contributed by atoms with Gasteiger partial charge in [-0.3, -0.25) is 15.1 Å². The molecule has 3 N–H and O–H groups in total. The number of anilines is 1. The lowest BCUT2D eigenvalue weighted by molar-refractivity contribution is -0.384. The van der Waals surface area contributed by atoms with E-state index in [4.69, 9.17) is 0 Å². The van der Waals surface area contributed by atoms with Gasteiger partial charge in [0.1, 0.15) is 0 Å². The molecule has 1 fully saturated rings. The molecule has 0 amide bonds. The van der Waals surface area contributed by atoms with E-state index in [0.29, 0.717) is 12.6 Å². The Kier molecular flexibility index (Phi) is 7.17. The predicted molar refractivity (Wildman–Crippen MR) is 101 cm³/mol. The van der Waals surface area contributed by atoms with Crippen LogP contribution in [0, 0.1) is 10.1 Å². The van der Waals surface area contributed by atoms with E-state index in [9.17, 15) is 10.1 Å². The number of aliphatic imine (C=N–C) groups is 1. The molecule has 0 aliphatic heterocycles. The van der Waals surface area contributed by atoms with Crippen LogP contribution in [0.1, 0.15) is 19.3 Å². The van der Waals surface area contributed by atoms with E-state index in [1.54, 1.807) is 19.2 Å². The molecule has 132 valence electrons. The fourth-order valence-corrected chi connectivity index (χ4v) is 3.56. The number of hydrogen-bond acceptors (Lipinski definition) is 5. The van der Waals surface area contributed by atoms with Crippen LogP contribution in [0.4, 0.5) is 11.4 Å². The van der Waals surface area contributed by atoms with Crippen LogP contribution >= 0.6 is 11.8 Å². The molecule has 1 aromatic carbocycles. The van der Waals surface area contributed by atoms with Gasteiger partial charge in [-0.2, -0.15) is 11.8 Å². The molecule has 1 aliphatic carbocycles. The van der Waals surface area contributed by atoms with Crippen molar-refractivity contribution in [1.82, 2.24) is 10.6 Å². The molecule has 2 rings (SSSR count). The van der Waals surface area contributed by atoms with Gasteiger partial charge in [-0.15, -0.1) is 0 Å². The average Bonchev–Trinajstić information content (AvgIpc) is 3.05. The topological polar surface area (TPSA) is 91.6 Å². The fourth-order valence-electron chi connectivity index (χ4n) is 2.76. The second-order valence-electron chi connectivity index (χ2n) is 5.74. The van der Waals surface area contributed by atoms with E-state index < -0.39 is 4.92 Å². The second kappa shape index (κ2) is 9.36. The summed E-state index contributed by atoms with van der Waals surface area (Å²) in [6, 6.07) is 6.92. The molecule has 8 heteroatoms. The molecule has 2 atom stereocenters. The minimum absolute atomic E-state index is 0.100. The van der Waals surface area contributed by atoms with E-state index >= 15 is 0 Å². The van der Waals surface area contributed by atoms with Crippen LogP contribution in [-0.4, -0.2) is 48.6 Å². The summed E-state index contributed by atoms with van der Waals surface area (Å²) in [5, 5.41) is 21.4. The maximum atomic E-state index is 10.6. The molecule has 7 nitrogen and oxygen atoms in total. The van der Waals surface area contributed by atoms with Gasteiger partial charge in [-0.1, -0.05) is 0 Å². The maximum absolute atomic E-state index is 10.6. The number of nitrogens with zero attached hydrogens (tertiary/aromatic N) is 2. The number of hydrogen-bond donors (Lipinski definition) is 3. The van der Waals surface area contributed by atoms with Crippen molar-refractivity contribution in [2.75, 3.05) is 31.7 Å². The highest BCUT2D eigenvalue weighted by molar-refractivity contribution is 7.99. The number of benzene rings is 1. The van der Waals surface area contributed by atoms with E-state index in [-0.39, 0.29) is 5.69 Å². The standard InChI is InChI=1S/C16H25N5O2S/c1-17-16(20-13-5-8-15(11-13)24-2)19-10-9-18-12-3-6-14(7-4-12)21(22)23/h3-4,6-7,13,15,18H,5,8-11H2,1-2H3,(H2,17,19,20). The Morgan fingerprint density at radius 2 is 2.08 bits per heavy atom. The highest BCUT2D eigenvalue weighted by atomic mass is 32.2. The first-order valence-electron chi connectivity index (χ1n) is 8.10. The molecular formula is C16H25N5O2S. The third-order valence-electron chi connectivity index (χ3n) is 4.11. The van der Waals surface area contributed by atoms with Crippen LogP contribution in [0.15, 0.2) is 29.3 Å². The molecule has 0 bridgehead atoms. The molecule has 0 radical (unpaired) electrons. The largest absolute Gasteiger partial charge is 0.383 e. The third-order valence-corrected chi connectivity index (χ3v) is 5.20. The lowest BCUT2D eigenvalue weighted by Crippen LogP contribution is -2.44. The van der Waals surface area contributed by atoms with Crippen molar-refractivity contribution in [1.29, 1.82) is 0 Å². The van der Waals surface area contributed by atoms with Gasteiger partial charge in [-0.05, 0) is 37.7 Å². The van der Waals surface area contributed by atoms with Gasteiger partial charge >= 0.3 is 0 Å². The number of rotatable bonds is 7. The first-order valence-corrected chi connectivity index (χ1v) is 9.39. The zero-order chi connectivity index (χ0) is 17.4. The maximum Gasteiger partial charge on any atom is 0.269 e. The van der Waals surface area contributed by atoms with Crippen LogP contribution in [0.25, 0.3) is 0 Å². The summed E-state index contributed by atoms with van der Waals surface area (Å²) in [6.45, 7) is 1.42. The van der Waals surface area contributed by atoms with Crippen molar-refractivity contribution in [3.05, 3.63) is 34.4 Å². The van der Waals surface area contributed by atoms with Crippen molar-refractivity contribution in [3.8, 4) is 0 Å². The van der Waals surface area contributed by atoms with E-state index in [2.05, 4.69) is 27.2 Å². The van der Waals surface area contributed by atoms with Gasteiger partial charge in [0.05, 0.1) is 4.92 Å². The van der Waals surface area contributed by atoms with Crippen molar-refractivity contribution < 1.29 is 4.92 Å². The van der Waals surface area contributed by atoms with E-state index in [1.165, 1.54) is 31.4 Å². The monoisotopic (exact) mass is 351 g/mol. The molecule has 0 saturated heterocycles. The van der Waals surface area contributed by atoms with Gasteiger partial charge in [0.2, 0.25) is 0 Å². The lowest BCUT2D eigenvalue weighted by atomic mass is 10.2. The summed E-state index contributed by atoms with van der Waals surface area (Å²) >= 11 is 1.94. The summed E-state index contributed by atoms with van der Waals surface area (Å²) in [4.78, 5) is 14.5. The Balaban J connectivity index is 1.67. The van der Waals surface area contributed by atoms with Gasteiger partial charge in [-0.25, -0.2) is 0 Å². The Labute approximate surface area is 146 Å². The van der Waals surface area contributed by atoms with E-state index in [0.717, 1.165) is 23.4 Å². The van der Waals surface area contributed by atoms with Gasteiger partial charge in [0.25, 0.3) is 5.69 Å². The summed E-state index contributed by atoms with van der Waals surface area (Å²) in [7, 11) is 1.78. The molecule has 2 unspecified atom stereocenters. The Morgan fingerprint density at radius 1 is 1.33 bits per heavy atom. The van der Waals surface area contributed by atoms with Crippen molar-refractivity contribution in [3.63, 3.8) is 0 Å². The molecule has 1 aliphatic rings. The molecule has 0 spiro atoms. The lowest BCUT2D eigenvalue weighted by Gasteiger charge is -2.17. The first-order chi connectivity index (χ1) is 11.6. The smallest absolute Gasteiger partial charge is 0.269 e. The highest BCUT2D eigenvalue weighted by Crippen LogP contribution is 2.27. The highest BCUT2D eigenvalue weighted by Gasteiger charge is 2.24. The minimum Gasteiger partial charge on any atom is -0.383 e. The molecule has 24 heavy (non-hydrogen) atoms. The third kappa shape index (κ3) is 5.59. The van der Waals surface area contributed by atoms with Gasteiger partial charge < -0.3 is 16.0 Å². The SMILES string of the molecule is CN=C(NCCNc1ccc([N+](=O)[O-])cc1)NC1CCC(SC)C1. The minimum atomic E-state index is -0.397. The summed E-state index contributed by atoms with van der Waals surface area (Å²) < 4.78 is 0. The number of nitro benzene ring substituents is 1. The average molecular weight is 351 g/mol. The Hall–Kier alpha value is -1.96. The number of thioether (sulfide) groups is 1. The van der Waals surface area contributed by atoms with E-state index in [1.807, 2.05) is 11.8 Å². The zero-order valence-electron chi connectivity index (χ0n) is 14.1. The molecule has 1 saturated carbocycles. The number of nitrogens with one attached hydrogen (secondary N) is 3. The molecule has 0 heterocycles. The van der Waals surface area contributed by atoms with Crippen LogP contribution in [-0.2, 0) is 0 Å². The summed E-state index contributed by atoms with van der Waals surface area (Å²) in [6.07, 6.45) is 5.80. The predicted octanol–water partition coefficient (Wildman–Crippen LogP) is 2.46. The normalized spacial score (nSPS) is 20.7. The van der Waals surface area contributed by atoms with Crippen LogP contribution in [0.3, 0.4) is 0 Å². The Bertz CT molecular complexity index is 564. The van der Waals surface area contributed by atoms with Gasteiger partial charge in [0.15, 0.2) is 5.96 Å². The number of non-ortho nitro benzene ring substituents is 1. The summed E-state index contributed by atoms with van der Waals surface area (Å²) in [5.74, 6) is 0.826. The fraction of sp³-hybridized carbons (Fsp3) is 0.562. The first kappa shape index (κ1) is 18.4. The van der Waals surface area contributed by atoms with Gasteiger partial charge in [0, 0.05) is 49.2 Å². The number of guanidine groups is 1. The Morgan fingerprint density at radius 3 is 2.67 bits per heavy atom. The molecule has 0 aromatic heterocycles. The quantitative estimate of drug-likeness (QED) is 0.230.